The van der Waals surface area contributed by atoms with Gasteiger partial charge in [-0.05, 0) is 87.5 Å². The number of hydrogen-bond acceptors (Lipinski definition) is 4. The topological polar surface area (TPSA) is 70.4 Å². The van der Waals surface area contributed by atoms with Crippen molar-refractivity contribution >= 4 is 28.6 Å². The Morgan fingerprint density at radius 2 is 1.78 bits per heavy atom. The van der Waals surface area contributed by atoms with Crippen LogP contribution in [0.1, 0.15) is 62.1 Å². The number of nitrogens with zero attached hydrogens (tertiary/aromatic N) is 3. The molecule has 9 heteroatoms. The van der Waals surface area contributed by atoms with Crippen LogP contribution in [0.2, 0.25) is 0 Å². The van der Waals surface area contributed by atoms with Crippen molar-refractivity contribution in [3.63, 3.8) is 0 Å². The minimum atomic E-state index is -4.43. The fourth-order valence-electron chi connectivity index (χ4n) is 5.55. The lowest BCUT2D eigenvalue weighted by molar-refractivity contribution is -0.143. The number of hydrogen-bond donors (Lipinski definition) is 2. The zero-order valence-corrected chi connectivity index (χ0v) is 20.1. The number of anilines is 2. The van der Waals surface area contributed by atoms with Gasteiger partial charge in [0.2, 0.25) is 5.95 Å². The molecule has 0 bridgehead atoms. The van der Waals surface area contributed by atoms with Gasteiger partial charge in [-0.15, -0.1) is 0 Å². The second-order valence-corrected chi connectivity index (χ2v) is 10.0. The van der Waals surface area contributed by atoms with E-state index >= 15 is 0 Å². The van der Waals surface area contributed by atoms with Crippen molar-refractivity contribution in [2.45, 2.75) is 63.7 Å². The molecule has 0 atom stereocenters. The number of halogens is 3. The molecule has 0 spiro atoms. The third-order valence-corrected chi connectivity index (χ3v) is 7.47. The number of rotatable bonds is 6. The van der Waals surface area contributed by atoms with Gasteiger partial charge in [0, 0.05) is 18.3 Å². The third kappa shape index (κ3) is 5.36. The number of carboxylic acid groups (broad SMARTS) is 1. The Morgan fingerprint density at radius 1 is 1.03 bits per heavy atom. The molecule has 2 heterocycles. The smallest absolute Gasteiger partial charge is 0.416 e. The maximum absolute atomic E-state index is 13.3. The maximum atomic E-state index is 13.3. The molecule has 0 radical (unpaired) electrons. The molecular formula is C27H31F3N4O2. The lowest BCUT2D eigenvalue weighted by Gasteiger charge is -2.29. The van der Waals surface area contributed by atoms with E-state index in [1.165, 1.54) is 30.9 Å². The standard InChI is InChI=1S/C27H31F3N4O2/c28-27(29,30)20-5-4-6-21(16-20)31-26-32-23-12-7-18(17-33-13-2-1-3-14-33)15-24(23)34(26)22-10-8-19(9-11-22)25(35)36/h4-7,12,15-16,19,22H,1-3,8-11,13-14,17H2,(H,31,32)(H,35,36). The summed E-state index contributed by atoms with van der Waals surface area (Å²) in [6.45, 7) is 3.01. The Kier molecular flexibility index (Phi) is 6.92. The molecule has 1 saturated heterocycles. The molecule has 2 fully saturated rings. The van der Waals surface area contributed by atoms with Gasteiger partial charge in [-0.2, -0.15) is 13.2 Å². The second kappa shape index (κ2) is 10.1. The molecule has 0 amide bonds. The highest BCUT2D eigenvalue weighted by Gasteiger charge is 2.31. The van der Waals surface area contributed by atoms with E-state index in [0.29, 0.717) is 37.3 Å². The zero-order chi connectivity index (χ0) is 25.3. The van der Waals surface area contributed by atoms with Crippen molar-refractivity contribution in [3.05, 3.63) is 53.6 Å². The number of carbonyl (C=O) groups is 1. The van der Waals surface area contributed by atoms with Gasteiger partial charge >= 0.3 is 12.1 Å². The van der Waals surface area contributed by atoms with Crippen molar-refractivity contribution in [1.29, 1.82) is 0 Å². The van der Waals surface area contributed by atoms with Gasteiger partial charge in [0.25, 0.3) is 0 Å². The summed E-state index contributed by atoms with van der Waals surface area (Å²) in [6, 6.07) is 11.3. The lowest BCUT2D eigenvalue weighted by atomic mass is 9.86. The van der Waals surface area contributed by atoms with Crippen molar-refractivity contribution in [2.24, 2.45) is 5.92 Å². The van der Waals surface area contributed by atoms with E-state index < -0.39 is 17.7 Å². The summed E-state index contributed by atoms with van der Waals surface area (Å²) in [5, 5.41) is 12.6. The lowest BCUT2D eigenvalue weighted by Crippen LogP contribution is -2.29. The first-order chi connectivity index (χ1) is 17.3. The Balaban J connectivity index is 1.49. The van der Waals surface area contributed by atoms with Crippen LogP contribution >= 0.6 is 0 Å². The molecule has 5 rings (SSSR count). The molecule has 2 N–H and O–H groups in total. The van der Waals surface area contributed by atoms with E-state index in [1.54, 1.807) is 6.07 Å². The zero-order valence-electron chi connectivity index (χ0n) is 20.1. The summed E-state index contributed by atoms with van der Waals surface area (Å²) >= 11 is 0. The van der Waals surface area contributed by atoms with E-state index in [0.717, 1.165) is 42.8 Å². The van der Waals surface area contributed by atoms with Crippen LogP contribution in [0, 0.1) is 5.92 Å². The minimum Gasteiger partial charge on any atom is -0.481 e. The number of benzene rings is 2. The fourth-order valence-corrected chi connectivity index (χ4v) is 5.55. The van der Waals surface area contributed by atoms with Crippen LogP contribution in [0.15, 0.2) is 42.5 Å². The Hall–Kier alpha value is -3.07. The van der Waals surface area contributed by atoms with E-state index in [-0.39, 0.29) is 12.0 Å². The summed E-state index contributed by atoms with van der Waals surface area (Å²) in [7, 11) is 0. The van der Waals surface area contributed by atoms with Gasteiger partial charge in [0.05, 0.1) is 22.5 Å². The molecular weight excluding hydrogens is 469 g/mol. The highest BCUT2D eigenvalue weighted by molar-refractivity contribution is 5.81. The number of alkyl halides is 3. The highest BCUT2D eigenvalue weighted by atomic mass is 19.4. The minimum absolute atomic E-state index is 0.0177. The highest BCUT2D eigenvalue weighted by Crippen LogP contribution is 2.38. The molecule has 2 aromatic carbocycles. The molecule has 0 unspecified atom stereocenters. The van der Waals surface area contributed by atoms with E-state index in [4.69, 9.17) is 4.98 Å². The Morgan fingerprint density at radius 3 is 2.47 bits per heavy atom. The van der Waals surface area contributed by atoms with Gasteiger partial charge in [0.15, 0.2) is 0 Å². The third-order valence-electron chi connectivity index (χ3n) is 7.47. The normalized spacial score (nSPS) is 21.5. The largest absolute Gasteiger partial charge is 0.481 e. The molecule has 2 aliphatic rings. The predicted molar refractivity (Wildman–Crippen MR) is 132 cm³/mol. The molecule has 192 valence electrons. The summed E-state index contributed by atoms with van der Waals surface area (Å²) in [4.78, 5) is 18.7. The SMILES string of the molecule is O=C(O)C1CCC(n2c(Nc3cccc(C(F)(F)F)c3)nc3ccc(CN4CCCCC4)cc32)CC1. The molecule has 3 aromatic rings. The fraction of sp³-hybridized carbons (Fsp3) is 0.481. The number of likely N-dealkylation sites (tertiary alicyclic amines) is 1. The Labute approximate surface area is 208 Å². The summed E-state index contributed by atoms with van der Waals surface area (Å²) in [5.74, 6) is -0.640. The van der Waals surface area contributed by atoms with Crippen molar-refractivity contribution in [2.75, 3.05) is 18.4 Å². The number of nitrogens with one attached hydrogen (secondary N) is 1. The number of piperidine rings is 1. The average molecular weight is 501 g/mol. The first-order valence-electron chi connectivity index (χ1n) is 12.7. The first-order valence-corrected chi connectivity index (χ1v) is 12.7. The van der Waals surface area contributed by atoms with Crippen LogP contribution in [-0.4, -0.2) is 38.6 Å². The van der Waals surface area contributed by atoms with Gasteiger partial charge in [-0.3, -0.25) is 9.69 Å². The van der Waals surface area contributed by atoms with Gasteiger partial charge in [-0.1, -0.05) is 18.6 Å². The number of imidazole rings is 1. The average Bonchev–Trinajstić information content (AvgIpc) is 3.21. The van der Waals surface area contributed by atoms with E-state index in [1.807, 2.05) is 6.07 Å². The molecule has 1 aliphatic heterocycles. The quantitative estimate of drug-likeness (QED) is 0.399. The van der Waals surface area contributed by atoms with Crippen LogP contribution in [0.25, 0.3) is 11.0 Å². The van der Waals surface area contributed by atoms with E-state index in [9.17, 15) is 23.1 Å². The van der Waals surface area contributed by atoms with Gasteiger partial charge in [0.1, 0.15) is 0 Å². The maximum Gasteiger partial charge on any atom is 0.416 e. The molecule has 1 aliphatic carbocycles. The molecule has 1 aromatic heterocycles. The molecule has 36 heavy (non-hydrogen) atoms. The molecule has 1 saturated carbocycles. The first kappa shape index (κ1) is 24.6. The van der Waals surface area contributed by atoms with Crippen LogP contribution in [0.4, 0.5) is 24.8 Å². The summed E-state index contributed by atoms with van der Waals surface area (Å²) < 4.78 is 41.9. The van der Waals surface area contributed by atoms with Gasteiger partial charge < -0.3 is 15.0 Å². The van der Waals surface area contributed by atoms with Crippen molar-refractivity contribution < 1.29 is 23.1 Å². The number of carboxylic acids is 1. The summed E-state index contributed by atoms with van der Waals surface area (Å²) in [6.07, 6.45) is 1.73. The molecule has 6 nitrogen and oxygen atoms in total. The monoisotopic (exact) mass is 500 g/mol. The van der Waals surface area contributed by atoms with Crippen LogP contribution in [0.3, 0.4) is 0 Å². The number of aromatic nitrogens is 2. The second-order valence-electron chi connectivity index (χ2n) is 10.0. The predicted octanol–water partition coefficient (Wildman–Crippen LogP) is 6.60. The number of aliphatic carboxylic acids is 1. The Bertz CT molecular complexity index is 1230. The van der Waals surface area contributed by atoms with Crippen LogP contribution in [-0.2, 0) is 17.5 Å². The van der Waals surface area contributed by atoms with Crippen LogP contribution in [0.5, 0.6) is 0 Å². The van der Waals surface area contributed by atoms with Crippen molar-refractivity contribution in [3.8, 4) is 0 Å². The van der Waals surface area contributed by atoms with Crippen molar-refractivity contribution in [1.82, 2.24) is 14.5 Å². The number of fused-ring (bicyclic) bond motifs is 1. The van der Waals surface area contributed by atoms with E-state index in [2.05, 4.69) is 26.9 Å². The summed E-state index contributed by atoms with van der Waals surface area (Å²) in [5.41, 5.74) is 2.47. The van der Waals surface area contributed by atoms with Gasteiger partial charge in [-0.25, -0.2) is 4.98 Å². The van der Waals surface area contributed by atoms with Crippen LogP contribution < -0.4 is 5.32 Å².